The molecule has 0 aliphatic rings. The largest absolute Gasteiger partial charge is 0.271 e. The molecule has 0 aliphatic heterocycles. The molecular weight excluding hydrogens is 350 g/mol. The van der Waals surface area contributed by atoms with Crippen molar-refractivity contribution in [1.29, 1.82) is 0 Å². The average molecular weight is 362 g/mol. The van der Waals surface area contributed by atoms with Crippen LogP contribution in [0, 0.1) is 18.6 Å². The van der Waals surface area contributed by atoms with Crippen LogP contribution in [-0.2, 0) is 0 Å². The van der Waals surface area contributed by atoms with Crippen molar-refractivity contribution in [2.75, 3.05) is 0 Å². The van der Waals surface area contributed by atoms with E-state index in [9.17, 15) is 8.78 Å². The van der Waals surface area contributed by atoms with E-state index in [0.29, 0.717) is 10.6 Å². The van der Waals surface area contributed by atoms with Crippen LogP contribution in [0.15, 0.2) is 34.8 Å². The van der Waals surface area contributed by atoms with Crippen LogP contribution in [-0.4, -0.2) is 0 Å². The zero-order chi connectivity index (χ0) is 14.9. The van der Waals surface area contributed by atoms with E-state index in [1.165, 1.54) is 6.07 Å². The Morgan fingerprint density at radius 1 is 1.25 bits per heavy atom. The average Bonchev–Trinajstić information content (AvgIpc) is 2.43. The molecule has 0 bridgehead atoms. The van der Waals surface area contributed by atoms with E-state index >= 15 is 0 Å². The van der Waals surface area contributed by atoms with E-state index in [1.807, 2.05) is 19.1 Å². The molecule has 2 aromatic carbocycles. The minimum absolute atomic E-state index is 0.0390. The summed E-state index contributed by atoms with van der Waals surface area (Å²) in [7, 11) is 0. The van der Waals surface area contributed by atoms with E-state index < -0.39 is 17.7 Å². The lowest BCUT2D eigenvalue weighted by molar-refractivity contribution is 0.498. The highest BCUT2D eigenvalue weighted by atomic mass is 79.9. The summed E-state index contributed by atoms with van der Waals surface area (Å²) in [5, 5.41) is 0.585. The Bertz CT molecular complexity index is 649. The van der Waals surface area contributed by atoms with Crippen molar-refractivity contribution in [3.63, 3.8) is 0 Å². The lowest BCUT2D eigenvalue weighted by atomic mass is 9.98. The Balaban J connectivity index is 2.52. The number of nitrogens with two attached hydrogens (primary N) is 1. The maximum atomic E-state index is 13.6. The smallest absolute Gasteiger partial charge is 0.173 e. The standard InChI is InChI=1S/C14H12BrClF2N2/c1-7-2-3-8(6-10(7)16)14(20-19)9-4-5-11(17)13(18)12(9)15/h2-6,14,20H,19H2,1H3. The summed E-state index contributed by atoms with van der Waals surface area (Å²) in [4.78, 5) is 0. The quantitative estimate of drug-likeness (QED) is 0.487. The first-order valence-electron chi connectivity index (χ1n) is 5.81. The van der Waals surface area contributed by atoms with Crippen molar-refractivity contribution in [2.24, 2.45) is 5.84 Å². The number of nitrogens with one attached hydrogen (secondary N) is 1. The molecule has 2 aromatic rings. The third-order valence-electron chi connectivity index (χ3n) is 3.07. The molecule has 0 aliphatic carbocycles. The minimum atomic E-state index is -0.944. The van der Waals surface area contributed by atoms with Gasteiger partial charge >= 0.3 is 0 Å². The predicted octanol–water partition coefficient (Wildman–Crippen LogP) is 4.24. The van der Waals surface area contributed by atoms with Gasteiger partial charge in [0.25, 0.3) is 0 Å². The number of halogens is 4. The summed E-state index contributed by atoms with van der Waals surface area (Å²) in [5.74, 6) is 3.69. The molecule has 0 fully saturated rings. The second-order valence-corrected chi connectivity index (χ2v) is 5.57. The Labute approximate surface area is 129 Å². The topological polar surface area (TPSA) is 38.0 Å². The van der Waals surface area contributed by atoms with E-state index in [-0.39, 0.29) is 4.47 Å². The predicted molar refractivity (Wildman–Crippen MR) is 79.4 cm³/mol. The molecule has 0 saturated heterocycles. The van der Waals surface area contributed by atoms with Crippen molar-refractivity contribution >= 4 is 27.5 Å². The van der Waals surface area contributed by atoms with Crippen LogP contribution in [0.1, 0.15) is 22.7 Å². The monoisotopic (exact) mass is 360 g/mol. The third-order valence-corrected chi connectivity index (χ3v) is 4.29. The summed E-state index contributed by atoms with van der Waals surface area (Å²) in [6.45, 7) is 1.88. The van der Waals surface area contributed by atoms with Gasteiger partial charge in [0.05, 0.1) is 10.5 Å². The van der Waals surface area contributed by atoms with Gasteiger partial charge in [0, 0.05) is 5.02 Å². The Morgan fingerprint density at radius 2 is 1.95 bits per heavy atom. The number of hydrogen-bond donors (Lipinski definition) is 2. The lowest BCUT2D eigenvalue weighted by Crippen LogP contribution is -2.29. The molecule has 0 heterocycles. The molecule has 0 amide bonds. The summed E-state index contributed by atoms with van der Waals surface area (Å²) < 4.78 is 26.8. The molecule has 106 valence electrons. The molecule has 3 N–H and O–H groups in total. The van der Waals surface area contributed by atoms with Crippen LogP contribution >= 0.6 is 27.5 Å². The number of benzene rings is 2. The van der Waals surface area contributed by atoms with Gasteiger partial charge < -0.3 is 0 Å². The van der Waals surface area contributed by atoms with Gasteiger partial charge in [-0.15, -0.1) is 0 Å². The number of hydrazine groups is 1. The van der Waals surface area contributed by atoms with Crippen LogP contribution in [0.25, 0.3) is 0 Å². The van der Waals surface area contributed by atoms with Crippen LogP contribution in [0.3, 0.4) is 0 Å². The van der Waals surface area contributed by atoms with E-state index in [4.69, 9.17) is 17.4 Å². The molecule has 0 saturated carbocycles. The Morgan fingerprint density at radius 3 is 2.55 bits per heavy atom. The maximum absolute atomic E-state index is 13.6. The summed E-state index contributed by atoms with van der Waals surface area (Å²) in [5.41, 5.74) is 4.77. The molecule has 0 spiro atoms. The van der Waals surface area contributed by atoms with Gasteiger partial charge in [0.15, 0.2) is 11.6 Å². The maximum Gasteiger partial charge on any atom is 0.173 e. The molecule has 2 rings (SSSR count). The van der Waals surface area contributed by atoms with Gasteiger partial charge in [-0.3, -0.25) is 5.84 Å². The van der Waals surface area contributed by atoms with E-state index in [1.54, 1.807) is 6.07 Å². The van der Waals surface area contributed by atoms with Crippen molar-refractivity contribution in [2.45, 2.75) is 13.0 Å². The Kier molecular flexibility index (Phi) is 4.75. The normalized spacial score (nSPS) is 12.5. The Hall–Kier alpha value is -1.01. The fraction of sp³-hybridized carbons (Fsp3) is 0.143. The van der Waals surface area contributed by atoms with Crippen molar-refractivity contribution < 1.29 is 8.78 Å². The van der Waals surface area contributed by atoms with E-state index in [2.05, 4.69) is 21.4 Å². The van der Waals surface area contributed by atoms with Crippen LogP contribution < -0.4 is 11.3 Å². The number of rotatable bonds is 3. The molecule has 6 heteroatoms. The zero-order valence-electron chi connectivity index (χ0n) is 10.6. The number of hydrogen-bond acceptors (Lipinski definition) is 2. The highest BCUT2D eigenvalue weighted by molar-refractivity contribution is 9.10. The first-order valence-corrected chi connectivity index (χ1v) is 6.98. The van der Waals surface area contributed by atoms with Gasteiger partial charge in [-0.05, 0) is 51.7 Å². The van der Waals surface area contributed by atoms with Crippen LogP contribution in [0.5, 0.6) is 0 Å². The first-order chi connectivity index (χ1) is 9.45. The molecule has 0 aromatic heterocycles. The van der Waals surface area contributed by atoms with Crippen LogP contribution in [0.2, 0.25) is 5.02 Å². The lowest BCUT2D eigenvalue weighted by Gasteiger charge is -2.19. The molecular formula is C14H12BrClF2N2. The van der Waals surface area contributed by atoms with Crippen molar-refractivity contribution in [3.05, 3.63) is 68.2 Å². The summed E-state index contributed by atoms with van der Waals surface area (Å²) in [6.07, 6.45) is 0. The molecule has 1 unspecified atom stereocenters. The number of aryl methyl sites for hydroxylation is 1. The SMILES string of the molecule is Cc1ccc(C(NN)c2ccc(F)c(F)c2Br)cc1Cl. The highest BCUT2D eigenvalue weighted by Crippen LogP contribution is 2.32. The second-order valence-electron chi connectivity index (χ2n) is 4.37. The molecule has 1 atom stereocenters. The minimum Gasteiger partial charge on any atom is -0.271 e. The molecule has 2 nitrogen and oxygen atoms in total. The van der Waals surface area contributed by atoms with Gasteiger partial charge in [0.2, 0.25) is 0 Å². The van der Waals surface area contributed by atoms with Crippen molar-refractivity contribution in [1.82, 2.24) is 5.43 Å². The summed E-state index contributed by atoms with van der Waals surface area (Å²) >= 11 is 9.14. The highest BCUT2D eigenvalue weighted by Gasteiger charge is 2.20. The molecule has 20 heavy (non-hydrogen) atoms. The zero-order valence-corrected chi connectivity index (χ0v) is 12.9. The van der Waals surface area contributed by atoms with Gasteiger partial charge in [-0.25, -0.2) is 14.2 Å². The van der Waals surface area contributed by atoms with Gasteiger partial charge in [-0.2, -0.15) is 0 Å². The first kappa shape index (κ1) is 15.4. The van der Waals surface area contributed by atoms with Crippen molar-refractivity contribution in [3.8, 4) is 0 Å². The van der Waals surface area contributed by atoms with Gasteiger partial charge in [-0.1, -0.05) is 29.8 Å². The van der Waals surface area contributed by atoms with Crippen LogP contribution in [0.4, 0.5) is 8.78 Å². The fourth-order valence-electron chi connectivity index (χ4n) is 1.92. The summed E-state index contributed by atoms with van der Waals surface area (Å²) in [6, 6.07) is 7.46. The van der Waals surface area contributed by atoms with E-state index in [0.717, 1.165) is 17.2 Å². The van der Waals surface area contributed by atoms with Gasteiger partial charge in [0.1, 0.15) is 0 Å². The molecule has 0 radical (unpaired) electrons. The second kappa shape index (κ2) is 6.18. The fourth-order valence-corrected chi connectivity index (χ4v) is 2.66. The third kappa shape index (κ3) is 2.86.